The van der Waals surface area contributed by atoms with E-state index in [9.17, 15) is 0 Å². The maximum absolute atomic E-state index is 4.47. The molecule has 2 rings (SSSR count). The van der Waals surface area contributed by atoms with Gasteiger partial charge in [-0.2, -0.15) is 5.10 Å². The Morgan fingerprint density at radius 2 is 2.08 bits per heavy atom. The van der Waals surface area contributed by atoms with Gasteiger partial charge < -0.3 is 10.6 Å². The minimum atomic E-state index is 0.0856. The van der Waals surface area contributed by atoms with E-state index in [2.05, 4.69) is 65.9 Å². The molecule has 0 radical (unpaired) electrons. The van der Waals surface area contributed by atoms with Gasteiger partial charge in [-0.25, -0.2) is 0 Å². The Labute approximate surface area is 149 Å². The van der Waals surface area contributed by atoms with Gasteiger partial charge in [-0.05, 0) is 37.3 Å². The maximum atomic E-state index is 4.47. The normalized spacial score (nSPS) is 12.5. The summed E-state index contributed by atoms with van der Waals surface area (Å²) in [5.74, 6) is 0.846. The number of aliphatic imine (C=N–C) groups is 1. The zero-order valence-electron chi connectivity index (χ0n) is 15.6. The first-order chi connectivity index (χ1) is 11.3. The molecule has 0 amide bonds. The number of thiophene rings is 1. The fourth-order valence-corrected chi connectivity index (χ4v) is 3.61. The number of aryl methyl sites for hydroxylation is 2. The highest BCUT2D eigenvalue weighted by atomic mass is 32.1. The van der Waals surface area contributed by atoms with Gasteiger partial charge in [0.2, 0.25) is 0 Å². The summed E-state index contributed by atoms with van der Waals surface area (Å²) in [7, 11) is 3.81. The van der Waals surface area contributed by atoms with Crippen molar-refractivity contribution in [1.29, 1.82) is 0 Å². The molecular weight excluding hydrogens is 318 g/mol. The molecule has 0 spiro atoms. The summed E-state index contributed by atoms with van der Waals surface area (Å²) < 4.78 is 1.95. The highest BCUT2D eigenvalue weighted by Crippen LogP contribution is 2.26. The van der Waals surface area contributed by atoms with Crippen LogP contribution in [0.15, 0.2) is 22.5 Å². The Morgan fingerprint density at radius 3 is 2.62 bits per heavy atom. The Bertz CT molecular complexity index is 683. The molecule has 0 saturated carbocycles. The van der Waals surface area contributed by atoms with Crippen molar-refractivity contribution in [3.05, 3.63) is 39.3 Å². The standard InChI is InChI=1S/C18H29N5S/c1-13-15(14(2)23(6)22-13)9-10-20-17(19-5)21-12-18(3,4)16-8-7-11-24-16/h7-8,11H,9-10,12H2,1-6H3,(H2,19,20,21). The molecule has 0 saturated heterocycles. The zero-order chi connectivity index (χ0) is 17.7. The second kappa shape index (κ2) is 7.83. The van der Waals surface area contributed by atoms with Crippen molar-refractivity contribution in [2.75, 3.05) is 20.1 Å². The number of rotatable bonds is 6. The van der Waals surface area contributed by atoms with Crippen LogP contribution in [0.2, 0.25) is 0 Å². The first kappa shape index (κ1) is 18.5. The van der Waals surface area contributed by atoms with Crippen molar-refractivity contribution < 1.29 is 0 Å². The lowest BCUT2D eigenvalue weighted by molar-refractivity contribution is 0.518. The predicted octanol–water partition coefficient (Wildman–Crippen LogP) is 2.78. The third kappa shape index (κ3) is 4.38. The molecule has 24 heavy (non-hydrogen) atoms. The Balaban J connectivity index is 1.85. The number of aromatic nitrogens is 2. The van der Waals surface area contributed by atoms with Crippen LogP contribution in [0, 0.1) is 13.8 Å². The Hall–Kier alpha value is -1.82. The highest BCUT2D eigenvalue weighted by Gasteiger charge is 2.21. The van der Waals surface area contributed by atoms with Gasteiger partial charge in [0.05, 0.1) is 5.69 Å². The SMILES string of the molecule is CN=C(NCCc1c(C)nn(C)c1C)NCC(C)(C)c1cccs1. The highest BCUT2D eigenvalue weighted by molar-refractivity contribution is 7.10. The van der Waals surface area contributed by atoms with Gasteiger partial charge in [0.25, 0.3) is 0 Å². The summed E-state index contributed by atoms with van der Waals surface area (Å²) in [6.07, 6.45) is 0.945. The van der Waals surface area contributed by atoms with Gasteiger partial charge in [-0.3, -0.25) is 9.67 Å². The van der Waals surface area contributed by atoms with Gasteiger partial charge in [-0.1, -0.05) is 19.9 Å². The number of guanidine groups is 1. The molecule has 2 heterocycles. The fraction of sp³-hybridized carbons (Fsp3) is 0.556. The van der Waals surface area contributed by atoms with E-state index in [4.69, 9.17) is 0 Å². The third-order valence-electron chi connectivity index (χ3n) is 4.44. The van der Waals surface area contributed by atoms with Crippen molar-refractivity contribution >= 4 is 17.3 Å². The van der Waals surface area contributed by atoms with Crippen molar-refractivity contribution in [3.63, 3.8) is 0 Å². The van der Waals surface area contributed by atoms with Gasteiger partial charge in [0.1, 0.15) is 0 Å². The van der Waals surface area contributed by atoms with Crippen LogP contribution in [0.4, 0.5) is 0 Å². The van der Waals surface area contributed by atoms with Crippen molar-refractivity contribution in [1.82, 2.24) is 20.4 Å². The number of nitrogens with zero attached hydrogens (tertiary/aromatic N) is 3. The van der Waals surface area contributed by atoms with E-state index in [-0.39, 0.29) is 5.41 Å². The van der Waals surface area contributed by atoms with Crippen LogP contribution in [0.1, 0.15) is 35.7 Å². The largest absolute Gasteiger partial charge is 0.356 e. The topological polar surface area (TPSA) is 54.2 Å². The van der Waals surface area contributed by atoms with Crippen molar-refractivity contribution in [2.24, 2.45) is 12.0 Å². The second-order valence-electron chi connectivity index (χ2n) is 6.74. The summed E-state index contributed by atoms with van der Waals surface area (Å²) in [5, 5.41) is 13.4. The average molecular weight is 348 g/mol. The van der Waals surface area contributed by atoms with Crippen LogP contribution in [-0.2, 0) is 18.9 Å². The molecule has 5 nitrogen and oxygen atoms in total. The van der Waals surface area contributed by atoms with E-state index >= 15 is 0 Å². The Morgan fingerprint density at radius 1 is 1.33 bits per heavy atom. The van der Waals surface area contributed by atoms with Crippen molar-refractivity contribution in [2.45, 2.75) is 39.5 Å². The molecule has 0 aliphatic carbocycles. The quantitative estimate of drug-likeness (QED) is 0.624. The van der Waals surface area contributed by atoms with Gasteiger partial charge in [0.15, 0.2) is 5.96 Å². The van der Waals surface area contributed by atoms with E-state index in [1.807, 2.05) is 18.8 Å². The summed E-state index contributed by atoms with van der Waals surface area (Å²) in [5.41, 5.74) is 3.75. The van der Waals surface area contributed by atoms with Crippen LogP contribution >= 0.6 is 11.3 Å². The number of nitrogens with one attached hydrogen (secondary N) is 2. The van der Waals surface area contributed by atoms with Gasteiger partial charge >= 0.3 is 0 Å². The van der Waals surface area contributed by atoms with Gasteiger partial charge in [-0.15, -0.1) is 11.3 Å². The molecule has 2 aromatic heterocycles. The van der Waals surface area contributed by atoms with Crippen molar-refractivity contribution in [3.8, 4) is 0 Å². The number of hydrogen-bond acceptors (Lipinski definition) is 3. The minimum Gasteiger partial charge on any atom is -0.356 e. The molecule has 2 N–H and O–H groups in total. The summed E-state index contributed by atoms with van der Waals surface area (Å²) in [4.78, 5) is 5.71. The molecule has 132 valence electrons. The van der Waals surface area contributed by atoms with Crippen LogP contribution in [0.25, 0.3) is 0 Å². The van der Waals surface area contributed by atoms with Gasteiger partial charge in [0, 0.05) is 43.2 Å². The molecule has 0 aromatic carbocycles. The number of hydrogen-bond donors (Lipinski definition) is 2. The molecule has 0 aliphatic rings. The molecule has 6 heteroatoms. The lowest BCUT2D eigenvalue weighted by Gasteiger charge is -2.25. The van der Waals surface area contributed by atoms with Crippen LogP contribution in [-0.4, -0.2) is 35.9 Å². The third-order valence-corrected chi connectivity index (χ3v) is 5.67. The van der Waals surface area contributed by atoms with Crippen LogP contribution in [0.3, 0.4) is 0 Å². The molecule has 0 atom stereocenters. The Kier molecular flexibility index (Phi) is 6.04. The smallest absolute Gasteiger partial charge is 0.191 e. The lowest BCUT2D eigenvalue weighted by atomic mass is 9.91. The molecule has 0 aliphatic heterocycles. The first-order valence-corrected chi connectivity index (χ1v) is 9.20. The van der Waals surface area contributed by atoms with E-state index < -0.39 is 0 Å². The average Bonchev–Trinajstić information content (AvgIpc) is 3.15. The summed E-state index contributed by atoms with van der Waals surface area (Å²) >= 11 is 1.80. The fourth-order valence-electron chi connectivity index (χ4n) is 2.76. The lowest BCUT2D eigenvalue weighted by Crippen LogP contribution is -2.43. The monoisotopic (exact) mass is 347 g/mol. The van der Waals surface area contributed by atoms with E-state index in [1.54, 1.807) is 11.3 Å². The zero-order valence-corrected chi connectivity index (χ0v) is 16.4. The summed E-state index contributed by atoms with van der Waals surface area (Å²) in [6, 6.07) is 4.30. The molecule has 0 unspecified atom stereocenters. The molecule has 0 bridgehead atoms. The van der Waals surface area contributed by atoms with E-state index in [0.29, 0.717) is 0 Å². The van der Waals surface area contributed by atoms with Crippen LogP contribution in [0.5, 0.6) is 0 Å². The second-order valence-corrected chi connectivity index (χ2v) is 7.68. The minimum absolute atomic E-state index is 0.0856. The molecular formula is C18H29N5S. The molecule has 0 fully saturated rings. The van der Waals surface area contributed by atoms with E-state index in [1.165, 1.54) is 16.1 Å². The maximum Gasteiger partial charge on any atom is 0.191 e. The predicted molar refractivity (Wildman–Crippen MR) is 103 cm³/mol. The summed E-state index contributed by atoms with van der Waals surface area (Å²) in [6.45, 7) is 10.4. The van der Waals surface area contributed by atoms with Crippen LogP contribution < -0.4 is 10.6 Å². The first-order valence-electron chi connectivity index (χ1n) is 8.32. The van der Waals surface area contributed by atoms with E-state index in [0.717, 1.165) is 31.2 Å². The molecule has 2 aromatic rings.